The summed E-state index contributed by atoms with van der Waals surface area (Å²) in [5.74, 6) is 2.08. The van der Waals surface area contributed by atoms with Crippen LogP contribution in [-0.4, -0.2) is 12.5 Å². The molecular weight excluding hydrogens is 338 g/mol. The van der Waals surface area contributed by atoms with Gasteiger partial charge in [-0.2, -0.15) is 0 Å². The van der Waals surface area contributed by atoms with Gasteiger partial charge in [0.25, 0.3) is 0 Å². The highest BCUT2D eigenvalue weighted by atomic mass is 16.5. The summed E-state index contributed by atoms with van der Waals surface area (Å²) >= 11 is 0. The number of carbonyl (C=O) groups is 1. The number of nitrogens with zero attached hydrogens (tertiary/aromatic N) is 1. The third-order valence-electron chi connectivity index (χ3n) is 4.11. The number of rotatable bonds is 7. The van der Waals surface area contributed by atoms with Crippen molar-refractivity contribution in [2.45, 2.75) is 20.4 Å². The normalized spacial score (nSPS) is 10.3. The molecule has 0 saturated heterocycles. The molecule has 0 spiro atoms. The minimum Gasteiger partial charge on any atom is -0.494 e. The minimum absolute atomic E-state index is 0.0644. The van der Waals surface area contributed by atoms with Gasteiger partial charge in [0.05, 0.1) is 18.8 Å². The predicted molar refractivity (Wildman–Crippen MR) is 107 cm³/mol. The van der Waals surface area contributed by atoms with E-state index >= 15 is 0 Å². The molecule has 3 aromatic rings. The number of benzene rings is 3. The lowest BCUT2D eigenvalue weighted by molar-refractivity contribution is -0.116. The Labute approximate surface area is 160 Å². The summed E-state index contributed by atoms with van der Waals surface area (Å²) in [4.78, 5) is 14.2. The van der Waals surface area contributed by atoms with Crippen molar-refractivity contribution < 1.29 is 14.3 Å². The Morgan fingerprint density at radius 2 is 1.48 bits per heavy atom. The molecule has 27 heavy (non-hydrogen) atoms. The van der Waals surface area contributed by atoms with Gasteiger partial charge in [0.1, 0.15) is 11.5 Å². The molecule has 0 unspecified atom stereocenters. The Hall–Kier alpha value is -3.27. The van der Waals surface area contributed by atoms with Crippen LogP contribution in [0.5, 0.6) is 17.2 Å². The van der Waals surface area contributed by atoms with E-state index in [0.29, 0.717) is 18.9 Å². The molecule has 0 aliphatic rings. The zero-order valence-corrected chi connectivity index (χ0v) is 15.6. The zero-order chi connectivity index (χ0) is 19.1. The van der Waals surface area contributed by atoms with E-state index in [0.717, 1.165) is 22.7 Å². The smallest absolute Gasteiger partial charge is 0.224 e. The second-order valence-electron chi connectivity index (χ2n) is 6.03. The lowest BCUT2D eigenvalue weighted by atomic mass is 10.1. The highest BCUT2D eigenvalue weighted by Gasteiger charge is 2.18. The van der Waals surface area contributed by atoms with Crippen LogP contribution >= 0.6 is 0 Å². The quantitative estimate of drug-likeness (QED) is 0.563. The van der Waals surface area contributed by atoms with E-state index in [1.165, 1.54) is 0 Å². The van der Waals surface area contributed by atoms with E-state index < -0.39 is 0 Å². The molecule has 0 atom stereocenters. The number of hydrogen-bond donors (Lipinski definition) is 0. The maximum atomic E-state index is 12.5. The van der Waals surface area contributed by atoms with Crippen molar-refractivity contribution in [1.29, 1.82) is 0 Å². The number of ether oxygens (including phenoxy) is 2. The first-order valence-corrected chi connectivity index (χ1v) is 8.99. The predicted octanol–water partition coefficient (Wildman–Crippen LogP) is 5.43. The van der Waals surface area contributed by atoms with E-state index in [1.807, 2.05) is 85.8 Å². The number of amides is 1. The molecule has 0 radical (unpaired) electrons. The Balaban J connectivity index is 1.93. The third kappa shape index (κ3) is 4.67. The molecule has 0 bridgehead atoms. The molecule has 0 N–H and O–H groups in total. The molecule has 3 rings (SSSR count). The molecule has 138 valence electrons. The second kappa shape index (κ2) is 8.90. The average Bonchev–Trinajstić information content (AvgIpc) is 2.69. The molecular formula is C23H23NO3. The number of hydrogen-bond acceptors (Lipinski definition) is 3. The number of anilines is 1. The van der Waals surface area contributed by atoms with E-state index in [2.05, 4.69) is 0 Å². The van der Waals surface area contributed by atoms with E-state index in [9.17, 15) is 4.79 Å². The van der Waals surface area contributed by atoms with Gasteiger partial charge in [0, 0.05) is 12.5 Å². The van der Waals surface area contributed by atoms with Crippen LogP contribution in [0.15, 0.2) is 78.9 Å². The molecule has 0 fully saturated rings. The molecule has 3 aromatic carbocycles. The number of para-hydroxylation sites is 4. The van der Waals surface area contributed by atoms with Gasteiger partial charge in [0.15, 0.2) is 5.75 Å². The minimum atomic E-state index is -0.0644. The first-order valence-electron chi connectivity index (χ1n) is 8.99. The van der Waals surface area contributed by atoms with Gasteiger partial charge >= 0.3 is 0 Å². The van der Waals surface area contributed by atoms with E-state index in [4.69, 9.17) is 9.47 Å². The SMILES string of the molecule is CCOc1ccccc1CN(C(C)=O)c1ccccc1Oc1ccccc1. The fraction of sp³-hybridized carbons (Fsp3) is 0.174. The lowest BCUT2D eigenvalue weighted by Crippen LogP contribution is -2.28. The van der Waals surface area contributed by atoms with Crippen molar-refractivity contribution in [3.8, 4) is 17.2 Å². The standard InChI is InChI=1S/C23H23NO3/c1-3-26-22-15-9-7-11-19(22)17-24(18(2)25)21-14-8-10-16-23(21)27-20-12-5-4-6-13-20/h4-16H,3,17H2,1-2H3. The molecule has 4 heteroatoms. The fourth-order valence-electron chi connectivity index (χ4n) is 2.85. The van der Waals surface area contributed by atoms with Crippen LogP contribution in [-0.2, 0) is 11.3 Å². The molecule has 1 amide bonds. The molecule has 0 aromatic heterocycles. The van der Waals surface area contributed by atoms with Crippen molar-refractivity contribution in [1.82, 2.24) is 0 Å². The Kier molecular flexibility index (Phi) is 6.10. The van der Waals surface area contributed by atoms with Crippen LogP contribution in [0, 0.1) is 0 Å². The van der Waals surface area contributed by atoms with Crippen molar-refractivity contribution in [3.63, 3.8) is 0 Å². The molecule has 0 saturated carbocycles. The Morgan fingerprint density at radius 1 is 0.852 bits per heavy atom. The van der Waals surface area contributed by atoms with Gasteiger partial charge < -0.3 is 14.4 Å². The third-order valence-corrected chi connectivity index (χ3v) is 4.11. The largest absolute Gasteiger partial charge is 0.494 e. The highest BCUT2D eigenvalue weighted by Crippen LogP contribution is 2.34. The maximum absolute atomic E-state index is 12.5. The van der Waals surface area contributed by atoms with Crippen molar-refractivity contribution in [2.24, 2.45) is 0 Å². The maximum Gasteiger partial charge on any atom is 0.224 e. The van der Waals surface area contributed by atoms with Gasteiger partial charge in [-0.1, -0.05) is 48.5 Å². The van der Waals surface area contributed by atoms with Crippen molar-refractivity contribution in [3.05, 3.63) is 84.4 Å². The van der Waals surface area contributed by atoms with E-state index in [-0.39, 0.29) is 5.91 Å². The van der Waals surface area contributed by atoms with Crippen LogP contribution in [0.25, 0.3) is 0 Å². The molecule has 0 aliphatic heterocycles. The molecule has 4 nitrogen and oxygen atoms in total. The van der Waals surface area contributed by atoms with E-state index in [1.54, 1.807) is 11.8 Å². The van der Waals surface area contributed by atoms with Gasteiger partial charge in [-0.05, 0) is 37.3 Å². The summed E-state index contributed by atoms with van der Waals surface area (Å²) < 4.78 is 11.7. The summed E-state index contributed by atoms with van der Waals surface area (Å²) in [5, 5.41) is 0. The van der Waals surface area contributed by atoms with Gasteiger partial charge in [-0.3, -0.25) is 4.79 Å². The summed E-state index contributed by atoms with van der Waals surface area (Å²) in [6.45, 7) is 4.48. The Bertz CT molecular complexity index is 893. The van der Waals surface area contributed by atoms with Gasteiger partial charge in [-0.25, -0.2) is 0 Å². The average molecular weight is 361 g/mol. The summed E-state index contributed by atoms with van der Waals surface area (Å²) in [7, 11) is 0. The monoisotopic (exact) mass is 361 g/mol. The van der Waals surface area contributed by atoms with Crippen LogP contribution in [0.1, 0.15) is 19.4 Å². The molecule has 0 heterocycles. The van der Waals surface area contributed by atoms with Gasteiger partial charge in [-0.15, -0.1) is 0 Å². The highest BCUT2D eigenvalue weighted by molar-refractivity contribution is 5.93. The summed E-state index contributed by atoms with van der Waals surface area (Å²) in [5.41, 5.74) is 1.67. The van der Waals surface area contributed by atoms with Crippen LogP contribution in [0.4, 0.5) is 5.69 Å². The Morgan fingerprint density at radius 3 is 2.19 bits per heavy atom. The van der Waals surface area contributed by atoms with Crippen molar-refractivity contribution >= 4 is 11.6 Å². The van der Waals surface area contributed by atoms with Crippen LogP contribution in [0.3, 0.4) is 0 Å². The van der Waals surface area contributed by atoms with Crippen LogP contribution in [0.2, 0.25) is 0 Å². The zero-order valence-electron chi connectivity index (χ0n) is 15.6. The lowest BCUT2D eigenvalue weighted by Gasteiger charge is -2.25. The van der Waals surface area contributed by atoms with Crippen molar-refractivity contribution in [2.75, 3.05) is 11.5 Å². The second-order valence-corrected chi connectivity index (χ2v) is 6.03. The fourth-order valence-corrected chi connectivity index (χ4v) is 2.85. The van der Waals surface area contributed by atoms with Gasteiger partial charge in [0.2, 0.25) is 5.91 Å². The number of carbonyl (C=O) groups excluding carboxylic acids is 1. The first kappa shape index (κ1) is 18.5. The first-order chi connectivity index (χ1) is 13.2. The molecule has 0 aliphatic carbocycles. The van der Waals surface area contributed by atoms with Crippen LogP contribution < -0.4 is 14.4 Å². The topological polar surface area (TPSA) is 38.8 Å². The summed E-state index contributed by atoms with van der Waals surface area (Å²) in [6, 6.07) is 24.9. The summed E-state index contributed by atoms with van der Waals surface area (Å²) in [6.07, 6.45) is 0.